The number of imidazole rings is 4. The number of rotatable bonds is 32. The number of esters is 1. The van der Waals surface area contributed by atoms with Crippen molar-refractivity contribution in [2.75, 3.05) is 53.2 Å². The lowest BCUT2D eigenvalue weighted by atomic mass is 10.0. The molecule has 0 bridgehead atoms. The maximum atomic E-state index is 11.9. The molecule has 17 rings (SSSR count). The number of ether oxygens (including phenoxy) is 2. The average Bonchev–Trinajstić information content (AvgIpc) is 1.60. The first kappa shape index (κ1) is 106. The molecule has 722 valence electrons. The normalized spacial score (nSPS) is 13.4. The summed E-state index contributed by atoms with van der Waals surface area (Å²) < 4.78 is 27.1. The van der Waals surface area contributed by atoms with Crippen LogP contribution in [0.25, 0.3) is 44.5 Å². The van der Waals surface area contributed by atoms with Crippen LogP contribution in [0.2, 0.25) is 0 Å². The van der Waals surface area contributed by atoms with E-state index in [9.17, 15) is 45.9 Å². The zero-order valence-electron chi connectivity index (χ0n) is 80.4. The molecule has 8 atom stereocenters. The largest absolute Gasteiger partial charge is 0.462 e. The van der Waals surface area contributed by atoms with E-state index < -0.39 is 37.6 Å². The van der Waals surface area contributed by atoms with Gasteiger partial charge >= 0.3 is 5.97 Å². The first-order valence-electron chi connectivity index (χ1n) is 46.3. The molecule has 7 heterocycles. The molecule has 6 unspecified atom stereocenters. The Morgan fingerprint density at radius 1 is 0.341 bits per heavy atom. The zero-order chi connectivity index (χ0) is 95.7. The average molecular weight is 2060 g/mol. The Morgan fingerprint density at radius 3 is 0.906 bits per heavy atom. The number of hydrogen-bond donors (Lipinski definition) is 9. The molecule has 25 nitrogen and oxygen atoms in total. The number of nitrogens with one attached hydrogen (secondary N) is 6. The number of amides is 2. The summed E-state index contributed by atoms with van der Waals surface area (Å²) in [5.74, 6) is -1.05. The van der Waals surface area contributed by atoms with Crippen LogP contribution in [0.5, 0.6) is 0 Å². The van der Waals surface area contributed by atoms with Crippen molar-refractivity contribution in [2.24, 2.45) is 5.92 Å². The fourth-order valence-electron chi connectivity index (χ4n) is 18.1. The summed E-state index contributed by atoms with van der Waals surface area (Å²) in [5.41, 5.74) is 27.0. The van der Waals surface area contributed by atoms with Gasteiger partial charge in [-0.2, -0.15) is 0 Å². The van der Waals surface area contributed by atoms with Crippen molar-refractivity contribution in [3.8, 4) is 0 Å². The molecule has 2 amide bonds. The van der Waals surface area contributed by atoms with E-state index in [0.29, 0.717) is 65.6 Å². The molecule has 1 aliphatic rings. The van der Waals surface area contributed by atoms with Gasteiger partial charge in [0, 0.05) is 38.8 Å². The Bertz CT molecular complexity index is 6800. The molecule has 138 heavy (non-hydrogen) atoms. The Balaban J connectivity index is 0.000000175. The van der Waals surface area contributed by atoms with E-state index in [1.54, 1.807) is 25.7 Å². The van der Waals surface area contributed by atoms with E-state index in [2.05, 4.69) is 303 Å². The molecule has 1 aliphatic carbocycles. The van der Waals surface area contributed by atoms with Gasteiger partial charge in [0.05, 0.1) is 82.5 Å². The highest BCUT2D eigenvalue weighted by atomic mass is 79.9. The topological polar surface area (TPSA) is 328 Å². The number of carbonyl (C=O) groups is 3. The van der Waals surface area contributed by atoms with Gasteiger partial charge in [0.1, 0.15) is 26.4 Å². The van der Waals surface area contributed by atoms with E-state index in [0.717, 1.165) is 80.3 Å². The third kappa shape index (κ3) is 25.2. The summed E-state index contributed by atoms with van der Waals surface area (Å²) in [7, 11) is 1.72. The fraction of sp³-hybridized carbons (Fsp3) is 0.309. The first-order chi connectivity index (χ1) is 65.2. The number of fused-ring (bicyclic) bond motifs is 4. The molecule has 0 aliphatic heterocycles. The minimum atomic E-state index is -0.658. The number of para-hydroxylation sites is 2. The highest BCUT2D eigenvalue weighted by molar-refractivity contribution is 8.93. The molecular formula is C110H128Br3N17O8. The van der Waals surface area contributed by atoms with Crippen LogP contribution < -0.4 is 33.1 Å². The van der Waals surface area contributed by atoms with Crippen LogP contribution in [-0.4, -0.2) is 138 Å². The molecule has 1 fully saturated rings. The maximum Gasteiger partial charge on any atom is 0.331 e. The number of nitrogens with zero attached hydrogens (tertiary/aromatic N) is 11. The van der Waals surface area contributed by atoms with Crippen LogP contribution in [-0.2, 0) is 49.5 Å². The van der Waals surface area contributed by atoms with Gasteiger partial charge in [-0.3, -0.25) is 44.9 Å². The van der Waals surface area contributed by atoms with E-state index in [1.165, 1.54) is 61.2 Å². The number of hydrogen-bond acceptors (Lipinski definition) is 15. The van der Waals surface area contributed by atoms with Crippen molar-refractivity contribution in [1.29, 1.82) is 21.6 Å². The number of aliphatic hydroxyl groups excluding tert-OH is 3. The van der Waals surface area contributed by atoms with Gasteiger partial charge in [0.2, 0.25) is 34.3 Å². The van der Waals surface area contributed by atoms with E-state index in [4.69, 9.17) is 14.9 Å². The fourth-order valence-corrected chi connectivity index (χ4v) is 18.1. The molecule has 0 spiro atoms. The Hall–Kier alpha value is -12.8. The van der Waals surface area contributed by atoms with Crippen LogP contribution in [0.4, 0.5) is 0 Å². The number of aliphatic hydroxyl groups is 3. The number of methoxy groups -OCH3 is 1. The van der Waals surface area contributed by atoms with Gasteiger partial charge in [-0.1, -0.05) is 251 Å². The number of benzene rings is 9. The second-order valence-electron chi connectivity index (χ2n) is 35.8. The number of aromatic nitrogens is 11. The number of halogens is 3. The van der Waals surface area contributed by atoms with Gasteiger partial charge in [-0.25, -0.2) is 19.7 Å². The van der Waals surface area contributed by atoms with Crippen LogP contribution >= 0.6 is 50.9 Å². The number of aryl methyl sites for hydroxylation is 8. The summed E-state index contributed by atoms with van der Waals surface area (Å²) in [6, 6.07) is 86.3. The molecular weight excluding hydrogens is 1930 g/mol. The smallest absolute Gasteiger partial charge is 0.331 e. The second kappa shape index (κ2) is 49.0. The second-order valence-corrected chi connectivity index (χ2v) is 35.8. The summed E-state index contributed by atoms with van der Waals surface area (Å²) in [4.78, 5) is 49.6. The molecule has 0 radical (unpaired) electrons. The Morgan fingerprint density at radius 2 is 0.609 bits per heavy atom. The van der Waals surface area contributed by atoms with Crippen molar-refractivity contribution in [2.45, 2.75) is 163 Å². The van der Waals surface area contributed by atoms with Crippen molar-refractivity contribution in [3.63, 3.8) is 0 Å². The molecule has 7 aromatic heterocycles. The lowest BCUT2D eigenvalue weighted by molar-refractivity contribution is -0.148. The molecule has 0 saturated heterocycles. The van der Waals surface area contributed by atoms with E-state index >= 15 is 0 Å². The lowest BCUT2D eigenvalue weighted by Gasteiger charge is -2.22. The molecule has 28 heteroatoms. The quantitative estimate of drug-likeness (QED) is 0.0178. The summed E-state index contributed by atoms with van der Waals surface area (Å²) >= 11 is 0. The first-order valence-corrected chi connectivity index (χ1v) is 46.3. The van der Waals surface area contributed by atoms with Crippen molar-refractivity contribution in [3.05, 3.63) is 385 Å². The number of carbonyl (C=O) groups excluding carboxylic acids is 3. The van der Waals surface area contributed by atoms with Gasteiger partial charge in [0.15, 0.2) is 16.9 Å². The van der Waals surface area contributed by atoms with Gasteiger partial charge in [-0.15, -0.1) is 50.9 Å². The third-order valence-electron chi connectivity index (χ3n) is 25.7. The van der Waals surface area contributed by atoms with Crippen LogP contribution in [0.1, 0.15) is 171 Å². The Labute approximate surface area is 837 Å². The van der Waals surface area contributed by atoms with Gasteiger partial charge < -0.3 is 58.3 Å². The van der Waals surface area contributed by atoms with Crippen molar-refractivity contribution in [1.82, 2.24) is 62.1 Å². The van der Waals surface area contributed by atoms with Crippen LogP contribution in [0, 0.1) is 82.9 Å². The predicted molar refractivity (Wildman–Crippen MR) is 560 cm³/mol. The molecule has 16 aromatic rings. The third-order valence-corrected chi connectivity index (χ3v) is 25.7. The van der Waals surface area contributed by atoms with Gasteiger partial charge in [-0.05, 0) is 214 Å². The minimum absolute atomic E-state index is 0. The van der Waals surface area contributed by atoms with Crippen LogP contribution in [0.3, 0.4) is 0 Å². The molecule has 9 aromatic carbocycles. The van der Waals surface area contributed by atoms with Gasteiger partial charge in [0.25, 0.3) is 0 Å². The standard InChI is InChI=1S/C30H33N3O3.2C27H31N5O2.C26H30N4O.3BrH/c1-20-7-11-22(12-8-20)17-25(19-36-28(35)18-34)32-26-5-3-4-6-27(26)33(30(32)31)29(24-15-16-24)23-13-9-21(2)10-14-23;2*1-18-6-10-21(11-7-18)15-23(16-30-25(34)17-33)32-26-24(5-4-14-29-26)31(27(32)28)20(3)22-12-8-19(2)9-13-22;1-18-7-11-21(12-8-18)16-23(17-31-4)30-25-24(6-5-15-28-25)29(26(30)27)20(3)22-13-9-19(2)10-14-22;;;/h3-14,24-25,29,31,34H,15-19H2,1-2H3;2*4-14,20,23,28,33H,15-17H2,1-3H3,(H,30,34);5-15,20,23,27H,16-17H2,1-4H3;3*1H/t25-,29?;;;20?,23-;;;/m0..0.../s1. The zero-order valence-corrected chi connectivity index (χ0v) is 85.5. The molecule has 9 N–H and O–H groups in total. The van der Waals surface area contributed by atoms with Crippen molar-refractivity contribution < 1.29 is 39.2 Å². The predicted octanol–water partition coefficient (Wildman–Crippen LogP) is 18.4. The SMILES string of the molecule is Br.Br.Br.COC[C@H](Cc1ccc(C)cc1)n1c(=N)n(C(C)c2ccc(C)cc2)c2cccnc21.Cc1ccc(CC(CNC(=O)CO)n2c(=N)n(C(C)c3ccc(C)cc3)c3cccnc32)cc1.Cc1ccc(CC(CNC(=O)CO)n2c(=N)n(C(C)c3ccc(C)cc3)c3cccnc32)cc1.Cc1ccc(C[C@@H](COC(=O)CO)n2c(=N)n(C(c3ccc(C)cc3)C3CC3)c3ccccc32)cc1. The number of pyridine rings is 3. The summed E-state index contributed by atoms with van der Waals surface area (Å²) in [6.07, 6.45) is 10.1. The molecule has 1 saturated carbocycles. The van der Waals surface area contributed by atoms with E-state index in [1.807, 2.05) is 89.8 Å². The highest BCUT2D eigenvalue weighted by Gasteiger charge is 2.37. The minimum Gasteiger partial charge on any atom is -0.462 e. The van der Waals surface area contributed by atoms with Crippen LogP contribution in [0.15, 0.2) is 273 Å². The lowest BCUT2D eigenvalue weighted by Crippen LogP contribution is -2.38. The maximum absolute atomic E-state index is 11.9. The van der Waals surface area contributed by atoms with E-state index in [-0.39, 0.29) is 119 Å². The highest BCUT2D eigenvalue weighted by Crippen LogP contribution is 2.45. The Kier molecular flexibility index (Phi) is 37.5. The summed E-state index contributed by atoms with van der Waals surface area (Å²) in [6.45, 7) is 22.2. The van der Waals surface area contributed by atoms with Crippen molar-refractivity contribution >= 4 is 113 Å². The monoisotopic (exact) mass is 2050 g/mol. The summed E-state index contributed by atoms with van der Waals surface area (Å²) in [5, 5.41) is 70.2.